The van der Waals surface area contributed by atoms with Gasteiger partial charge >= 0.3 is 0 Å². The third-order valence-electron chi connectivity index (χ3n) is 2.83. The summed E-state index contributed by atoms with van der Waals surface area (Å²) in [6.07, 6.45) is 1.69. The zero-order valence-corrected chi connectivity index (χ0v) is 13.4. The van der Waals surface area contributed by atoms with Gasteiger partial charge in [-0.15, -0.1) is 11.3 Å². The van der Waals surface area contributed by atoms with E-state index in [1.807, 2.05) is 23.6 Å². The third-order valence-corrected chi connectivity index (χ3v) is 4.13. The highest BCUT2D eigenvalue weighted by Gasteiger charge is 2.13. The number of carbonyl (C=O) groups is 1. The van der Waals surface area contributed by atoms with E-state index in [1.54, 1.807) is 18.3 Å². The Labute approximate surface area is 140 Å². The first-order valence-electron chi connectivity index (χ1n) is 6.27. The SMILES string of the molecule is O=C(Nc1nc(-c2ccccn2)cs1)c1ccc(Cl)cc1Cl. The van der Waals surface area contributed by atoms with E-state index in [-0.39, 0.29) is 5.91 Å². The van der Waals surface area contributed by atoms with E-state index in [4.69, 9.17) is 23.2 Å². The molecule has 0 unspecified atom stereocenters. The van der Waals surface area contributed by atoms with Crippen LogP contribution in [0.1, 0.15) is 10.4 Å². The molecule has 2 heterocycles. The van der Waals surface area contributed by atoms with Gasteiger partial charge in [0.25, 0.3) is 5.91 Å². The van der Waals surface area contributed by atoms with Crippen LogP contribution in [0.5, 0.6) is 0 Å². The van der Waals surface area contributed by atoms with Gasteiger partial charge in [-0.05, 0) is 30.3 Å². The van der Waals surface area contributed by atoms with Crippen LogP contribution in [0.25, 0.3) is 11.4 Å². The molecule has 1 N–H and O–H groups in total. The van der Waals surface area contributed by atoms with Crippen molar-refractivity contribution in [3.63, 3.8) is 0 Å². The van der Waals surface area contributed by atoms with Crippen molar-refractivity contribution >= 4 is 45.6 Å². The van der Waals surface area contributed by atoms with Crippen molar-refractivity contribution in [1.29, 1.82) is 0 Å². The van der Waals surface area contributed by atoms with Gasteiger partial charge in [-0.2, -0.15) is 0 Å². The van der Waals surface area contributed by atoms with Gasteiger partial charge in [0.15, 0.2) is 5.13 Å². The number of halogens is 2. The Hall–Kier alpha value is -1.95. The first-order chi connectivity index (χ1) is 10.6. The maximum absolute atomic E-state index is 12.2. The Morgan fingerprint density at radius 2 is 2.00 bits per heavy atom. The lowest BCUT2D eigenvalue weighted by molar-refractivity contribution is 0.102. The molecule has 0 fully saturated rings. The second kappa shape index (κ2) is 6.44. The molecular weight excluding hydrogens is 341 g/mol. The van der Waals surface area contributed by atoms with Crippen LogP contribution in [0.4, 0.5) is 5.13 Å². The number of aromatic nitrogens is 2. The quantitative estimate of drug-likeness (QED) is 0.741. The van der Waals surface area contributed by atoms with E-state index in [9.17, 15) is 4.79 Å². The summed E-state index contributed by atoms with van der Waals surface area (Å²) in [5.74, 6) is -0.330. The van der Waals surface area contributed by atoms with Crippen LogP contribution in [0.2, 0.25) is 10.0 Å². The number of benzene rings is 1. The van der Waals surface area contributed by atoms with E-state index >= 15 is 0 Å². The minimum atomic E-state index is -0.330. The van der Waals surface area contributed by atoms with Gasteiger partial charge in [-0.25, -0.2) is 4.98 Å². The number of carbonyl (C=O) groups excluding carboxylic acids is 1. The minimum absolute atomic E-state index is 0.298. The van der Waals surface area contributed by atoms with Crippen molar-refractivity contribution in [3.05, 3.63) is 63.6 Å². The number of pyridine rings is 1. The molecule has 0 radical (unpaired) electrons. The molecule has 3 rings (SSSR count). The fraction of sp³-hybridized carbons (Fsp3) is 0. The lowest BCUT2D eigenvalue weighted by Gasteiger charge is -2.04. The number of anilines is 1. The van der Waals surface area contributed by atoms with Crippen LogP contribution in [0, 0.1) is 0 Å². The lowest BCUT2D eigenvalue weighted by Crippen LogP contribution is -2.12. The van der Waals surface area contributed by atoms with Crippen LogP contribution >= 0.6 is 34.5 Å². The van der Waals surface area contributed by atoms with Gasteiger partial charge < -0.3 is 0 Å². The molecule has 3 aromatic rings. The first kappa shape index (κ1) is 15.0. The Morgan fingerprint density at radius 3 is 2.73 bits per heavy atom. The molecule has 110 valence electrons. The second-order valence-corrected chi connectivity index (χ2v) is 6.03. The summed E-state index contributed by atoms with van der Waals surface area (Å²) in [7, 11) is 0. The van der Waals surface area contributed by atoms with Crippen molar-refractivity contribution in [2.24, 2.45) is 0 Å². The van der Waals surface area contributed by atoms with Crippen molar-refractivity contribution in [2.75, 3.05) is 5.32 Å². The number of hydrogen-bond acceptors (Lipinski definition) is 4. The summed E-state index contributed by atoms with van der Waals surface area (Å²) in [5.41, 5.74) is 1.81. The van der Waals surface area contributed by atoms with Crippen LogP contribution < -0.4 is 5.32 Å². The smallest absolute Gasteiger partial charge is 0.258 e. The lowest BCUT2D eigenvalue weighted by atomic mass is 10.2. The monoisotopic (exact) mass is 349 g/mol. The predicted molar refractivity (Wildman–Crippen MR) is 89.8 cm³/mol. The molecule has 0 spiro atoms. The number of rotatable bonds is 3. The van der Waals surface area contributed by atoms with E-state index in [1.165, 1.54) is 17.4 Å². The third kappa shape index (κ3) is 3.27. The molecule has 7 heteroatoms. The van der Waals surface area contributed by atoms with E-state index in [2.05, 4.69) is 15.3 Å². The summed E-state index contributed by atoms with van der Waals surface area (Å²) in [6, 6.07) is 10.3. The van der Waals surface area contributed by atoms with Crippen molar-refractivity contribution in [3.8, 4) is 11.4 Å². The van der Waals surface area contributed by atoms with Gasteiger partial charge in [0, 0.05) is 16.6 Å². The van der Waals surface area contributed by atoms with Crippen LogP contribution in [-0.2, 0) is 0 Å². The maximum Gasteiger partial charge on any atom is 0.258 e. The highest BCUT2D eigenvalue weighted by Crippen LogP contribution is 2.25. The summed E-state index contributed by atoms with van der Waals surface area (Å²) in [4.78, 5) is 20.8. The van der Waals surface area contributed by atoms with Crippen molar-refractivity contribution in [1.82, 2.24) is 9.97 Å². The normalized spacial score (nSPS) is 10.5. The van der Waals surface area contributed by atoms with Gasteiger partial charge in [-0.3, -0.25) is 15.1 Å². The van der Waals surface area contributed by atoms with Crippen molar-refractivity contribution < 1.29 is 4.79 Å². The molecule has 0 aliphatic carbocycles. The number of nitrogens with zero attached hydrogens (tertiary/aromatic N) is 2. The molecule has 1 amide bonds. The predicted octanol–water partition coefficient (Wildman–Crippen LogP) is 4.76. The van der Waals surface area contributed by atoms with Gasteiger partial charge in [0.2, 0.25) is 0 Å². The van der Waals surface area contributed by atoms with Crippen LogP contribution in [-0.4, -0.2) is 15.9 Å². The van der Waals surface area contributed by atoms with E-state index < -0.39 is 0 Å². The second-order valence-electron chi connectivity index (χ2n) is 4.33. The fourth-order valence-corrected chi connectivity index (χ4v) is 2.99. The Kier molecular flexibility index (Phi) is 4.38. The molecule has 0 saturated carbocycles. The number of amides is 1. The molecule has 0 aliphatic heterocycles. The molecule has 0 bridgehead atoms. The molecule has 1 aromatic carbocycles. The Morgan fingerprint density at radius 1 is 1.14 bits per heavy atom. The highest BCUT2D eigenvalue weighted by molar-refractivity contribution is 7.14. The van der Waals surface area contributed by atoms with E-state index in [0.29, 0.717) is 26.4 Å². The molecule has 0 aliphatic rings. The van der Waals surface area contributed by atoms with Gasteiger partial charge in [-0.1, -0.05) is 29.3 Å². The number of thiazole rings is 1. The Bertz CT molecular complexity index is 821. The maximum atomic E-state index is 12.2. The molecule has 2 aromatic heterocycles. The average molecular weight is 350 g/mol. The summed E-state index contributed by atoms with van der Waals surface area (Å²) >= 11 is 13.2. The summed E-state index contributed by atoms with van der Waals surface area (Å²) in [6.45, 7) is 0. The number of hydrogen-bond donors (Lipinski definition) is 1. The molecule has 0 saturated heterocycles. The molecular formula is C15H9Cl2N3OS. The van der Waals surface area contributed by atoms with Crippen LogP contribution in [0.15, 0.2) is 48.0 Å². The fourth-order valence-electron chi connectivity index (χ4n) is 1.80. The standard InChI is InChI=1S/C15H9Cl2N3OS/c16-9-4-5-10(11(17)7-9)14(21)20-15-19-13(8-22-15)12-3-1-2-6-18-12/h1-8H,(H,19,20,21). The van der Waals surface area contributed by atoms with E-state index in [0.717, 1.165) is 5.69 Å². The van der Waals surface area contributed by atoms with Gasteiger partial charge in [0.05, 0.1) is 16.3 Å². The highest BCUT2D eigenvalue weighted by atomic mass is 35.5. The molecule has 4 nitrogen and oxygen atoms in total. The summed E-state index contributed by atoms with van der Waals surface area (Å²) < 4.78 is 0. The largest absolute Gasteiger partial charge is 0.298 e. The zero-order chi connectivity index (χ0) is 15.5. The van der Waals surface area contributed by atoms with Crippen LogP contribution in [0.3, 0.4) is 0 Å². The minimum Gasteiger partial charge on any atom is -0.298 e. The average Bonchev–Trinajstić information content (AvgIpc) is 2.96. The zero-order valence-electron chi connectivity index (χ0n) is 11.1. The van der Waals surface area contributed by atoms with Crippen molar-refractivity contribution in [2.45, 2.75) is 0 Å². The van der Waals surface area contributed by atoms with Gasteiger partial charge in [0.1, 0.15) is 5.69 Å². The molecule has 0 atom stereocenters. The first-order valence-corrected chi connectivity index (χ1v) is 7.90. The molecule has 22 heavy (non-hydrogen) atoms. The summed E-state index contributed by atoms with van der Waals surface area (Å²) in [5, 5.41) is 5.82. The Balaban J connectivity index is 1.79. The number of nitrogens with one attached hydrogen (secondary N) is 1. The topological polar surface area (TPSA) is 54.9 Å².